The number of carboxylic acid groups (broad SMARTS) is 1. The summed E-state index contributed by atoms with van der Waals surface area (Å²) >= 11 is 1.21. The Morgan fingerprint density at radius 1 is 1.12 bits per heavy atom. The number of aromatic hydroxyl groups is 1. The molecule has 0 unspecified atom stereocenters. The predicted octanol–water partition coefficient (Wildman–Crippen LogP) is 4.55. The van der Waals surface area contributed by atoms with Crippen molar-refractivity contribution in [3.63, 3.8) is 0 Å². The molecule has 0 saturated heterocycles. The average molecular weight is 449 g/mol. The van der Waals surface area contributed by atoms with Crippen molar-refractivity contribution in [2.24, 2.45) is 0 Å². The maximum Gasteiger partial charge on any atom is 0.348 e. The number of fused-ring (bicyclic) bond motifs is 1. The summed E-state index contributed by atoms with van der Waals surface area (Å²) in [6.45, 7) is 2.06. The first-order valence-electron chi connectivity index (χ1n) is 9.72. The molecular formula is C23H19N3O5S. The number of ether oxygens (including phenoxy) is 1. The van der Waals surface area contributed by atoms with E-state index in [4.69, 9.17) is 4.74 Å². The van der Waals surface area contributed by atoms with Crippen molar-refractivity contribution >= 4 is 45.0 Å². The van der Waals surface area contributed by atoms with Crippen LogP contribution in [0, 0.1) is 6.92 Å². The number of nitrogens with zero attached hydrogens (tertiary/aromatic N) is 2. The van der Waals surface area contributed by atoms with Gasteiger partial charge in [-0.3, -0.25) is 0 Å². The zero-order valence-electron chi connectivity index (χ0n) is 17.0. The molecule has 0 aliphatic heterocycles. The summed E-state index contributed by atoms with van der Waals surface area (Å²) in [6, 6.07) is 13.9. The number of aromatic carboxylic acids is 1. The third-order valence-electron chi connectivity index (χ3n) is 4.87. The van der Waals surface area contributed by atoms with Crippen LogP contribution in [-0.4, -0.2) is 38.7 Å². The molecule has 0 amide bonds. The van der Waals surface area contributed by atoms with Crippen LogP contribution in [0.15, 0.2) is 54.9 Å². The first-order valence-corrected chi connectivity index (χ1v) is 10.5. The smallest absolute Gasteiger partial charge is 0.348 e. The maximum atomic E-state index is 12.7. The second kappa shape index (κ2) is 9.03. The molecule has 0 bridgehead atoms. The molecule has 4 aromatic rings. The van der Waals surface area contributed by atoms with Gasteiger partial charge in [0.05, 0.1) is 12.0 Å². The van der Waals surface area contributed by atoms with E-state index in [1.54, 1.807) is 6.92 Å². The molecule has 0 fully saturated rings. The highest BCUT2D eigenvalue weighted by Crippen LogP contribution is 2.35. The van der Waals surface area contributed by atoms with Gasteiger partial charge < -0.3 is 20.3 Å². The monoisotopic (exact) mass is 449 g/mol. The minimum Gasteiger partial charge on any atom is -0.507 e. The molecular weight excluding hydrogens is 430 g/mol. The van der Waals surface area contributed by atoms with Crippen molar-refractivity contribution in [2.75, 3.05) is 11.9 Å². The molecule has 2 aromatic carbocycles. The third-order valence-corrected chi connectivity index (χ3v) is 6.05. The number of benzene rings is 2. The van der Waals surface area contributed by atoms with Gasteiger partial charge in [0.1, 0.15) is 33.2 Å². The van der Waals surface area contributed by atoms with Gasteiger partial charge in [0.2, 0.25) is 0 Å². The first-order chi connectivity index (χ1) is 15.4. The van der Waals surface area contributed by atoms with Crippen molar-refractivity contribution in [2.45, 2.75) is 13.3 Å². The Kier molecular flexibility index (Phi) is 6.00. The molecule has 32 heavy (non-hydrogen) atoms. The zero-order chi connectivity index (χ0) is 22.7. The van der Waals surface area contributed by atoms with E-state index in [1.165, 1.54) is 35.9 Å². The number of anilines is 2. The molecule has 0 radical (unpaired) electrons. The van der Waals surface area contributed by atoms with Gasteiger partial charge in [0, 0.05) is 12.1 Å². The highest BCUT2D eigenvalue weighted by molar-refractivity contribution is 7.20. The molecule has 162 valence electrons. The van der Waals surface area contributed by atoms with E-state index in [9.17, 15) is 19.8 Å². The SMILES string of the molecule is Cc1c(C(=O)OCCc2ccccc2)sc2ncnc(Nc3ccc(O)c(C(=O)O)c3)c12. The lowest BCUT2D eigenvalue weighted by Crippen LogP contribution is -2.07. The minimum atomic E-state index is -1.24. The van der Waals surface area contributed by atoms with Crippen molar-refractivity contribution in [1.82, 2.24) is 9.97 Å². The molecule has 3 N–H and O–H groups in total. The summed E-state index contributed by atoms with van der Waals surface area (Å²) in [5, 5.41) is 22.6. The second-order valence-electron chi connectivity index (χ2n) is 6.99. The standard InChI is InChI=1S/C23H19N3O5S/c1-13-18-20(26-15-7-8-17(27)16(11-15)22(28)29)24-12-25-21(18)32-19(13)23(30)31-10-9-14-5-3-2-4-6-14/h2-8,11-12,27H,9-10H2,1H3,(H,28,29)(H,24,25,26). The van der Waals surface area contributed by atoms with E-state index in [0.29, 0.717) is 38.6 Å². The largest absolute Gasteiger partial charge is 0.507 e. The number of carbonyl (C=O) groups is 2. The van der Waals surface area contributed by atoms with Crippen molar-refractivity contribution in [3.8, 4) is 5.75 Å². The molecule has 8 nitrogen and oxygen atoms in total. The number of aromatic nitrogens is 2. The number of hydrogen-bond acceptors (Lipinski definition) is 8. The normalized spacial score (nSPS) is 10.8. The van der Waals surface area contributed by atoms with E-state index in [2.05, 4.69) is 15.3 Å². The fourth-order valence-electron chi connectivity index (χ4n) is 3.25. The van der Waals surface area contributed by atoms with Crippen LogP contribution in [0.3, 0.4) is 0 Å². The topological polar surface area (TPSA) is 122 Å². The van der Waals surface area contributed by atoms with Gasteiger partial charge in [0.15, 0.2) is 0 Å². The summed E-state index contributed by atoms with van der Waals surface area (Å²) in [5.41, 5.74) is 1.96. The lowest BCUT2D eigenvalue weighted by molar-refractivity contribution is 0.0514. The third kappa shape index (κ3) is 4.37. The summed E-state index contributed by atoms with van der Waals surface area (Å²) < 4.78 is 5.47. The Morgan fingerprint density at radius 2 is 1.91 bits per heavy atom. The quantitative estimate of drug-likeness (QED) is 0.278. The zero-order valence-corrected chi connectivity index (χ0v) is 17.8. The Hall–Kier alpha value is -3.98. The lowest BCUT2D eigenvalue weighted by atomic mass is 10.1. The number of carboxylic acids is 1. The van der Waals surface area contributed by atoms with E-state index in [-0.39, 0.29) is 17.9 Å². The second-order valence-corrected chi connectivity index (χ2v) is 7.99. The molecule has 0 atom stereocenters. The molecule has 4 rings (SSSR count). The number of nitrogens with one attached hydrogen (secondary N) is 1. The number of esters is 1. The van der Waals surface area contributed by atoms with Gasteiger partial charge in [-0.15, -0.1) is 11.3 Å². The fraction of sp³-hybridized carbons (Fsp3) is 0.130. The molecule has 0 saturated carbocycles. The average Bonchev–Trinajstić information content (AvgIpc) is 3.13. The van der Waals surface area contributed by atoms with Crippen LogP contribution >= 0.6 is 11.3 Å². The number of aryl methyl sites for hydroxylation is 1. The van der Waals surface area contributed by atoms with Crippen molar-refractivity contribution in [3.05, 3.63) is 76.4 Å². The molecule has 9 heteroatoms. The number of phenols is 1. The molecule has 0 aliphatic carbocycles. The summed E-state index contributed by atoms with van der Waals surface area (Å²) in [5.74, 6) is -1.58. The van der Waals surface area contributed by atoms with Crippen LogP contribution < -0.4 is 5.32 Å². The van der Waals surface area contributed by atoms with E-state index in [0.717, 1.165) is 5.56 Å². The lowest BCUT2D eigenvalue weighted by Gasteiger charge is -2.09. The van der Waals surface area contributed by atoms with Crippen LogP contribution in [0.1, 0.15) is 31.2 Å². The van der Waals surface area contributed by atoms with Gasteiger partial charge in [-0.05, 0) is 36.2 Å². The van der Waals surface area contributed by atoms with Crippen LogP contribution in [-0.2, 0) is 11.2 Å². The number of thiophene rings is 1. The molecule has 2 heterocycles. The van der Waals surface area contributed by atoms with Crippen LogP contribution in [0.2, 0.25) is 0 Å². The Labute approximate surface area is 187 Å². The predicted molar refractivity (Wildman–Crippen MR) is 121 cm³/mol. The molecule has 2 aromatic heterocycles. The van der Waals surface area contributed by atoms with Crippen molar-refractivity contribution in [1.29, 1.82) is 0 Å². The summed E-state index contributed by atoms with van der Waals surface area (Å²) in [4.78, 5) is 33.5. The number of hydrogen-bond donors (Lipinski definition) is 3. The molecule has 0 spiro atoms. The summed E-state index contributed by atoms with van der Waals surface area (Å²) in [7, 11) is 0. The van der Waals surface area contributed by atoms with Crippen LogP contribution in [0.5, 0.6) is 5.75 Å². The Bertz CT molecular complexity index is 1300. The first kappa shape index (κ1) is 21.3. The highest BCUT2D eigenvalue weighted by Gasteiger charge is 2.21. The molecule has 0 aliphatic rings. The highest BCUT2D eigenvalue weighted by atomic mass is 32.1. The van der Waals surface area contributed by atoms with E-state index in [1.807, 2.05) is 30.3 Å². The maximum absolute atomic E-state index is 12.7. The fourth-order valence-corrected chi connectivity index (χ4v) is 4.30. The summed E-state index contributed by atoms with van der Waals surface area (Å²) in [6.07, 6.45) is 1.99. The van der Waals surface area contributed by atoms with Gasteiger partial charge >= 0.3 is 11.9 Å². The Morgan fingerprint density at radius 3 is 2.66 bits per heavy atom. The Balaban J connectivity index is 1.57. The number of carbonyl (C=O) groups excluding carboxylic acids is 1. The van der Waals surface area contributed by atoms with Gasteiger partial charge in [0.25, 0.3) is 0 Å². The van der Waals surface area contributed by atoms with Crippen LogP contribution in [0.4, 0.5) is 11.5 Å². The van der Waals surface area contributed by atoms with E-state index >= 15 is 0 Å². The minimum absolute atomic E-state index is 0.231. The van der Waals surface area contributed by atoms with Gasteiger partial charge in [-0.1, -0.05) is 30.3 Å². The van der Waals surface area contributed by atoms with Crippen molar-refractivity contribution < 1.29 is 24.5 Å². The van der Waals surface area contributed by atoms with E-state index < -0.39 is 11.9 Å². The van der Waals surface area contributed by atoms with Crippen LogP contribution in [0.25, 0.3) is 10.2 Å². The number of rotatable bonds is 7. The van der Waals surface area contributed by atoms with Gasteiger partial charge in [-0.25, -0.2) is 19.6 Å². The van der Waals surface area contributed by atoms with Gasteiger partial charge in [-0.2, -0.15) is 0 Å².